The molecular formula is C27H24ClN3O5S2. The SMILES string of the molecule is Cc1ccc(N2C(=O)[C@H]3[C@H](c4ccc(Cl)cc4)c4sc(=O)n(CC(=O)N5CCOCC5)c4S[C@H]3C2=O)cc1. The molecular weight excluding hydrogens is 546 g/mol. The molecule has 3 aliphatic rings. The predicted octanol–water partition coefficient (Wildman–Crippen LogP) is 3.53. The molecule has 0 bridgehead atoms. The Hall–Kier alpha value is -2.92. The number of aromatic nitrogens is 1. The molecule has 3 atom stereocenters. The number of halogens is 1. The highest BCUT2D eigenvalue weighted by molar-refractivity contribution is 8.00. The topological polar surface area (TPSA) is 88.9 Å². The van der Waals surface area contributed by atoms with Gasteiger partial charge in [0.15, 0.2) is 0 Å². The van der Waals surface area contributed by atoms with E-state index >= 15 is 0 Å². The summed E-state index contributed by atoms with van der Waals surface area (Å²) in [6, 6.07) is 14.4. The number of nitrogens with zero attached hydrogens (tertiary/aromatic N) is 3. The second kappa shape index (κ2) is 10.00. The quantitative estimate of drug-likeness (QED) is 0.447. The van der Waals surface area contributed by atoms with E-state index in [1.165, 1.54) is 21.2 Å². The Labute approximate surface area is 232 Å². The monoisotopic (exact) mass is 569 g/mol. The molecule has 1 aromatic heterocycles. The minimum Gasteiger partial charge on any atom is -0.378 e. The lowest BCUT2D eigenvalue weighted by molar-refractivity contribution is -0.136. The van der Waals surface area contributed by atoms with E-state index < -0.39 is 17.1 Å². The van der Waals surface area contributed by atoms with Gasteiger partial charge in [-0.1, -0.05) is 64.5 Å². The number of carbonyl (C=O) groups excluding carboxylic acids is 3. The third-order valence-electron chi connectivity index (χ3n) is 7.23. The number of amides is 3. The Bertz CT molecular complexity index is 1480. The summed E-state index contributed by atoms with van der Waals surface area (Å²) in [4.78, 5) is 57.3. The molecule has 3 amide bonds. The van der Waals surface area contributed by atoms with Gasteiger partial charge in [0.1, 0.15) is 11.8 Å². The summed E-state index contributed by atoms with van der Waals surface area (Å²) >= 11 is 8.41. The highest BCUT2D eigenvalue weighted by atomic mass is 35.5. The van der Waals surface area contributed by atoms with Crippen molar-refractivity contribution in [2.24, 2.45) is 5.92 Å². The van der Waals surface area contributed by atoms with Crippen molar-refractivity contribution in [2.45, 2.75) is 29.7 Å². The molecule has 6 rings (SSSR count). The molecule has 8 nitrogen and oxygen atoms in total. The molecule has 0 unspecified atom stereocenters. The number of hydrogen-bond donors (Lipinski definition) is 0. The van der Waals surface area contributed by atoms with Crippen LogP contribution in [0, 0.1) is 12.8 Å². The van der Waals surface area contributed by atoms with E-state index in [9.17, 15) is 19.2 Å². The van der Waals surface area contributed by atoms with Crippen LogP contribution in [0.4, 0.5) is 5.69 Å². The smallest absolute Gasteiger partial charge is 0.308 e. The normalized spacial score (nSPS) is 22.9. The number of fused-ring (bicyclic) bond motifs is 2. The molecule has 0 saturated carbocycles. The first-order valence-electron chi connectivity index (χ1n) is 12.3. The fraction of sp³-hybridized carbons (Fsp3) is 0.333. The van der Waals surface area contributed by atoms with Crippen LogP contribution in [0.1, 0.15) is 21.9 Å². The Morgan fingerprint density at radius 3 is 2.37 bits per heavy atom. The van der Waals surface area contributed by atoms with E-state index in [0.717, 1.165) is 22.5 Å². The zero-order valence-electron chi connectivity index (χ0n) is 20.5. The van der Waals surface area contributed by atoms with Crippen molar-refractivity contribution < 1.29 is 19.1 Å². The number of benzene rings is 2. The Balaban J connectivity index is 1.43. The molecule has 0 spiro atoms. The van der Waals surface area contributed by atoms with E-state index in [4.69, 9.17) is 16.3 Å². The summed E-state index contributed by atoms with van der Waals surface area (Å²) in [7, 11) is 0. The molecule has 0 aliphatic carbocycles. The molecule has 3 aromatic rings. The highest BCUT2D eigenvalue weighted by Crippen LogP contribution is 2.53. The van der Waals surface area contributed by atoms with Crippen LogP contribution in [-0.2, 0) is 25.7 Å². The van der Waals surface area contributed by atoms with Crippen LogP contribution >= 0.6 is 34.7 Å². The third kappa shape index (κ3) is 4.29. The van der Waals surface area contributed by atoms with Crippen LogP contribution in [0.15, 0.2) is 58.4 Å². The summed E-state index contributed by atoms with van der Waals surface area (Å²) in [5.41, 5.74) is 2.35. The van der Waals surface area contributed by atoms with Crippen molar-refractivity contribution in [1.82, 2.24) is 9.47 Å². The average Bonchev–Trinajstić information content (AvgIpc) is 3.36. The first-order valence-corrected chi connectivity index (χ1v) is 14.4. The van der Waals surface area contributed by atoms with E-state index in [1.54, 1.807) is 29.2 Å². The van der Waals surface area contributed by atoms with Gasteiger partial charge in [0.25, 0.3) is 0 Å². The van der Waals surface area contributed by atoms with E-state index in [0.29, 0.717) is 46.9 Å². The fourth-order valence-corrected chi connectivity index (χ4v) is 8.18. The molecule has 2 fully saturated rings. The van der Waals surface area contributed by atoms with Crippen LogP contribution in [0.3, 0.4) is 0 Å². The van der Waals surface area contributed by atoms with E-state index in [-0.39, 0.29) is 29.1 Å². The summed E-state index contributed by atoms with van der Waals surface area (Å²) < 4.78 is 6.81. The molecule has 38 heavy (non-hydrogen) atoms. The van der Waals surface area contributed by atoms with Crippen molar-refractivity contribution in [3.05, 3.63) is 79.2 Å². The number of carbonyl (C=O) groups is 3. The summed E-state index contributed by atoms with van der Waals surface area (Å²) in [5.74, 6) is -1.99. The molecule has 4 heterocycles. The van der Waals surface area contributed by atoms with Gasteiger partial charge in [-0.15, -0.1) is 0 Å². The number of ether oxygens (including phenoxy) is 1. The number of morpholine rings is 1. The summed E-state index contributed by atoms with van der Waals surface area (Å²) in [5, 5.41) is 0.401. The largest absolute Gasteiger partial charge is 0.378 e. The number of rotatable bonds is 4. The zero-order valence-corrected chi connectivity index (χ0v) is 22.9. The van der Waals surface area contributed by atoms with Gasteiger partial charge >= 0.3 is 4.87 Å². The summed E-state index contributed by atoms with van der Waals surface area (Å²) in [6.45, 7) is 3.70. The van der Waals surface area contributed by atoms with Gasteiger partial charge in [-0.2, -0.15) is 0 Å². The molecule has 3 aliphatic heterocycles. The second-order valence-corrected chi connectivity index (χ2v) is 12.1. The van der Waals surface area contributed by atoms with Crippen LogP contribution in [0.2, 0.25) is 5.02 Å². The number of thioether (sulfide) groups is 1. The lowest BCUT2D eigenvalue weighted by atomic mass is 9.83. The standard InChI is InChI=1S/C27H24ClN3O5S2/c1-15-2-8-18(9-3-15)31-24(33)21-20(16-4-6-17(28)7-5-16)23-26(37-22(21)25(31)34)30(27(35)38-23)14-19(32)29-10-12-36-13-11-29/h2-9,20-22H,10-14H2,1H3/t20-,21-,22+/m0/s1. The third-order valence-corrected chi connectivity index (χ3v) is 10.1. The Kier molecular flexibility index (Phi) is 6.67. The molecule has 2 saturated heterocycles. The maximum Gasteiger partial charge on any atom is 0.308 e. The van der Waals surface area contributed by atoms with Crippen molar-refractivity contribution >= 4 is 58.1 Å². The van der Waals surface area contributed by atoms with Crippen LogP contribution in [0.5, 0.6) is 0 Å². The van der Waals surface area contributed by atoms with Gasteiger partial charge in [-0.3, -0.25) is 23.7 Å². The van der Waals surface area contributed by atoms with Crippen LogP contribution in [0.25, 0.3) is 0 Å². The number of hydrogen-bond acceptors (Lipinski definition) is 7. The van der Waals surface area contributed by atoms with Gasteiger partial charge in [0, 0.05) is 28.9 Å². The van der Waals surface area contributed by atoms with E-state index in [2.05, 4.69) is 0 Å². The predicted molar refractivity (Wildman–Crippen MR) is 146 cm³/mol. The number of imide groups is 1. The van der Waals surface area contributed by atoms with Gasteiger partial charge < -0.3 is 9.64 Å². The molecule has 0 N–H and O–H groups in total. The summed E-state index contributed by atoms with van der Waals surface area (Å²) in [6.07, 6.45) is 0. The van der Waals surface area contributed by atoms with Crippen molar-refractivity contribution in [3.8, 4) is 0 Å². The molecule has 2 aromatic carbocycles. The minimum absolute atomic E-state index is 0.119. The number of anilines is 1. The second-order valence-electron chi connectivity index (χ2n) is 9.56. The lowest BCUT2D eigenvalue weighted by Gasteiger charge is -2.31. The Morgan fingerprint density at radius 2 is 1.68 bits per heavy atom. The average molecular weight is 570 g/mol. The van der Waals surface area contributed by atoms with Gasteiger partial charge in [0.05, 0.1) is 29.8 Å². The minimum atomic E-state index is -0.726. The Morgan fingerprint density at radius 1 is 1.00 bits per heavy atom. The highest BCUT2D eigenvalue weighted by Gasteiger charge is 2.56. The fourth-order valence-electron chi connectivity index (χ4n) is 5.28. The van der Waals surface area contributed by atoms with Gasteiger partial charge in [-0.25, -0.2) is 4.90 Å². The van der Waals surface area contributed by atoms with Crippen molar-refractivity contribution in [3.63, 3.8) is 0 Å². The number of aryl methyl sites for hydroxylation is 1. The van der Waals surface area contributed by atoms with Crippen molar-refractivity contribution in [2.75, 3.05) is 31.2 Å². The number of thiazole rings is 1. The lowest BCUT2D eigenvalue weighted by Crippen LogP contribution is -2.43. The molecule has 0 radical (unpaired) electrons. The van der Waals surface area contributed by atoms with Gasteiger partial charge in [0.2, 0.25) is 17.7 Å². The molecule has 11 heteroatoms. The first-order chi connectivity index (χ1) is 18.3. The van der Waals surface area contributed by atoms with Gasteiger partial charge in [-0.05, 0) is 36.8 Å². The maximum atomic E-state index is 13.9. The maximum absolute atomic E-state index is 13.9. The first kappa shape index (κ1) is 25.4. The van der Waals surface area contributed by atoms with Crippen molar-refractivity contribution in [1.29, 1.82) is 0 Å². The van der Waals surface area contributed by atoms with Crippen LogP contribution < -0.4 is 9.77 Å². The van der Waals surface area contributed by atoms with Crippen LogP contribution in [-0.4, -0.2) is 58.7 Å². The molecule has 196 valence electrons. The zero-order chi connectivity index (χ0) is 26.6. The van der Waals surface area contributed by atoms with E-state index in [1.807, 2.05) is 31.2 Å².